The van der Waals surface area contributed by atoms with Crippen LogP contribution < -0.4 is 5.73 Å². The fourth-order valence-corrected chi connectivity index (χ4v) is 3.82. The molecule has 0 aliphatic rings. The van der Waals surface area contributed by atoms with Gasteiger partial charge in [-0.15, -0.1) is 10.2 Å². The van der Waals surface area contributed by atoms with Crippen molar-refractivity contribution < 1.29 is 0 Å². The second kappa shape index (κ2) is 4.79. The molecule has 0 amide bonds. The van der Waals surface area contributed by atoms with Crippen molar-refractivity contribution >= 4 is 39.7 Å². The van der Waals surface area contributed by atoms with Gasteiger partial charge in [-0.1, -0.05) is 23.1 Å². The molecule has 0 saturated heterocycles. The number of aryl methyl sites for hydroxylation is 2. The number of rotatable bonds is 2. The SMILES string of the molecule is Cc1cc(Sc2nnc(C)s2)c2cc(N)ccc2n1. The van der Waals surface area contributed by atoms with Crippen LogP contribution in [0.4, 0.5) is 5.69 Å². The Morgan fingerprint density at radius 3 is 2.74 bits per heavy atom. The maximum absolute atomic E-state index is 5.87. The first-order valence-electron chi connectivity index (χ1n) is 5.76. The first-order valence-corrected chi connectivity index (χ1v) is 7.40. The van der Waals surface area contributed by atoms with Crippen LogP contribution in [0.1, 0.15) is 10.7 Å². The molecule has 6 heteroatoms. The highest BCUT2D eigenvalue weighted by atomic mass is 32.2. The number of anilines is 1. The third-order valence-electron chi connectivity index (χ3n) is 2.63. The van der Waals surface area contributed by atoms with Crippen molar-refractivity contribution in [2.24, 2.45) is 0 Å². The van der Waals surface area contributed by atoms with Gasteiger partial charge in [0.15, 0.2) is 4.34 Å². The second-order valence-corrected chi connectivity index (χ2v) is 6.70. The van der Waals surface area contributed by atoms with Gasteiger partial charge >= 0.3 is 0 Å². The number of pyridine rings is 1. The van der Waals surface area contributed by atoms with Crippen LogP contribution in [0, 0.1) is 13.8 Å². The fraction of sp³-hybridized carbons (Fsp3) is 0.154. The van der Waals surface area contributed by atoms with Gasteiger partial charge in [-0.2, -0.15) is 0 Å². The zero-order chi connectivity index (χ0) is 13.4. The smallest absolute Gasteiger partial charge is 0.179 e. The summed E-state index contributed by atoms with van der Waals surface area (Å²) in [5, 5.41) is 10.2. The Hall–Kier alpha value is -1.66. The van der Waals surface area contributed by atoms with Crippen molar-refractivity contribution in [1.82, 2.24) is 15.2 Å². The van der Waals surface area contributed by atoms with Crippen molar-refractivity contribution in [3.63, 3.8) is 0 Å². The van der Waals surface area contributed by atoms with Crippen molar-refractivity contribution in [3.05, 3.63) is 35.0 Å². The lowest BCUT2D eigenvalue weighted by molar-refractivity contribution is 0.984. The van der Waals surface area contributed by atoms with Crippen LogP contribution in [0.25, 0.3) is 10.9 Å². The van der Waals surface area contributed by atoms with Crippen molar-refractivity contribution in [2.75, 3.05) is 5.73 Å². The molecule has 1 aromatic carbocycles. The molecule has 19 heavy (non-hydrogen) atoms. The molecule has 0 atom stereocenters. The number of nitrogens with zero attached hydrogens (tertiary/aromatic N) is 3. The Kier molecular flexibility index (Phi) is 3.12. The Balaban J connectivity index is 2.13. The lowest BCUT2D eigenvalue weighted by atomic mass is 10.2. The minimum atomic E-state index is 0.744. The highest BCUT2D eigenvalue weighted by Crippen LogP contribution is 2.35. The van der Waals surface area contributed by atoms with Crippen LogP contribution in [-0.2, 0) is 0 Å². The molecule has 0 aliphatic carbocycles. The van der Waals surface area contributed by atoms with E-state index in [1.165, 1.54) is 0 Å². The van der Waals surface area contributed by atoms with Crippen molar-refractivity contribution in [3.8, 4) is 0 Å². The molecular formula is C13H12N4S2. The lowest BCUT2D eigenvalue weighted by Crippen LogP contribution is -1.90. The topological polar surface area (TPSA) is 64.7 Å². The predicted octanol–water partition coefficient (Wildman–Crippen LogP) is 3.44. The van der Waals surface area contributed by atoms with E-state index in [0.29, 0.717) is 0 Å². The third kappa shape index (κ3) is 2.54. The van der Waals surface area contributed by atoms with Gasteiger partial charge in [0, 0.05) is 21.7 Å². The van der Waals surface area contributed by atoms with E-state index in [2.05, 4.69) is 21.2 Å². The zero-order valence-corrected chi connectivity index (χ0v) is 12.2. The van der Waals surface area contributed by atoms with Crippen LogP contribution in [0.15, 0.2) is 33.5 Å². The first-order chi connectivity index (χ1) is 9.11. The Morgan fingerprint density at radius 1 is 1.16 bits per heavy atom. The van der Waals surface area contributed by atoms with Gasteiger partial charge in [0.1, 0.15) is 5.01 Å². The second-order valence-electron chi connectivity index (χ2n) is 4.23. The Bertz CT molecular complexity index is 751. The van der Waals surface area contributed by atoms with Crippen LogP contribution in [0.2, 0.25) is 0 Å². The minimum Gasteiger partial charge on any atom is -0.399 e. The number of hydrogen-bond acceptors (Lipinski definition) is 6. The zero-order valence-electron chi connectivity index (χ0n) is 10.5. The molecule has 4 nitrogen and oxygen atoms in total. The molecule has 3 rings (SSSR count). The van der Waals surface area contributed by atoms with Gasteiger partial charge in [-0.25, -0.2) is 0 Å². The van der Waals surface area contributed by atoms with E-state index in [0.717, 1.165) is 36.5 Å². The molecule has 0 saturated carbocycles. The molecule has 2 aromatic heterocycles. The van der Waals surface area contributed by atoms with E-state index in [1.807, 2.05) is 32.0 Å². The lowest BCUT2D eigenvalue weighted by Gasteiger charge is -2.06. The summed E-state index contributed by atoms with van der Waals surface area (Å²) in [6, 6.07) is 7.84. The first kappa shape index (κ1) is 12.4. The molecule has 0 unspecified atom stereocenters. The molecule has 3 aromatic rings. The minimum absolute atomic E-state index is 0.744. The van der Waals surface area contributed by atoms with E-state index in [4.69, 9.17) is 5.73 Å². The highest BCUT2D eigenvalue weighted by molar-refractivity contribution is 8.01. The molecule has 0 aliphatic heterocycles. The molecule has 2 heterocycles. The molecular weight excluding hydrogens is 276 g/mol. The molecule has 96 valence electrons. The van der Waals surface area contributed by atoms with E-state index in [9.17, 15) is 0 Å². The van der Waals surface area contributed by atoms with Crippen LogP contribution in [0.5, 0.6) is 0 Å². The average molecular weight is 288 g/mol. The van der Waals surface area contributed by atoms with Gasteiger partial charge in [-0.3, -0.25) is 4.98 Å². The summed E-state index contributed by atoms with van der Waals surface area (Å²) in [6.07, 6.45) is 0. The van der Waals surface area contributed by atoms with Gasteiger partial charge in [0.2, 0.25) is 0 Å². The van der Waals surface area contributed by atoms with E-state index >= 15 is 0 Å². The Morgan fingerprint density at radius 2 is 2.00 bits per heavy atom. The predicted molar refractivity (Wildman–Crippen MR) is 79.7 cm³/mol. The number of nitrogens with two attached hydrogens (primary N) is 1. The largest absolute Gasteiger partial charge is 0.399 e. The molecule has 0 bridgehead atoms. The summed E-state index contributed by atoms with van der Waals surface area (Å²) in [4.78, 5) is 5.64. The van der Waals surface area contributed by atoms with Crippen molar-refractivity contribution in [2.45, 2.75) is 23.1 Å². The maximum Gasteiger partial charge on any atom is 0.179 e. The molecule has 2 N–H and O–H groups in total. The van der Waals surface area contributed by atoms with Crippen molar-refractivity contribution in [1.29, 1.82) is 0 Å². The number of fused-ring (bicyclic) bond motifs is 1. The van der Waals surface area contributed by atoms with Crippen LogP contribution in [-0.4, -0.2) is 15.2 Å². The number of nitrogen functional groups attached to an aromatic ring is 1. The summed E-state index contributed by atoms with van der Waals surface area (Å²) < 4.78 is 0.937. The normalized spacial score (nSPS) is 11.1. The quantitative estimate of drug-likeness (QED) is 0.732. The summed E-state index contributed by atoms with van der Waals surface area (Å²) in [6.45, 7) is 3.95. The maximum atomic E-state index is 5.87. The standard InChI is InChI=1S/C13H12N4S2/c1-7-5-12(19-13-17-16-8(2)18-13)10-6-9(14)3-4-11(10)15-7/h3-6H,14H2,1-2H3. The summed E-state index contributed by atoms with van der Waals surface area (Å²) in [5.41, 5.74) is 8.55. The monoisotopic (exact) mass is 288 g/mol. The highest BCUT2D eigenvalue weighted by Gasteiger charge is 2.09. The van der Waals surface area contributed by atoms with Gasteiger partial charge in [0.05, 0.1) is 5.52 Å². The van der Waals surface area contributed by atoms with Gasteiger partial charge in [0.25, 0.3) is 0 Å². The number of aromatic nitrogens is 3. The number of hydrogen-bond donors (Lipinski definition) is 1. The van der Waals surface area contributed by atoms with Crippen LogP contribution in [0.3, 0.4) is 0 Å². The summed E-state index contributed by atoms with van der Waals surface area (Å²) in [7, 11) is 0. The molecule has 0 fully saturated rings. The van der Waals surface area contributed by atoms with Crippen LogP contribution >= 0.6 is 23.1 Å². The van der Waals surface area contributed by atoms with E-state index < -0.39 is 0 Å². The summed E-state index contributed by atoms with van der Waals surface area (Å²) in [5.74, 6) is 0. The molecule has 0 spiro atoms. The third-order valence-corrected chi connectivity index (χ3v) is 4.57. The van der Waals surface area contributed by atoms with Gasteiger partial charge < -0.3 is 5.73 Å². The average Bonchev–Trinajstić information content (AvgIpc) is 2.76. The fourth-order valence-electron chi connectivity index (χ4n) is 1.84. The summed E-state index contributed by atoms with van der Waals surface area (Å²) >= 11 is 3.20. The van der Waals surface area contributed by atoms with Gasteiger partial charge in [-0.05, 0) is 38.1 Å². The van der Waals surface area contributed by atoms with E-state index in [1.54, 1.807) is 23.1 Å². The number of benzene rings is 1. The van der Waals surface area contributed by atoms with E-state index in [-0.39, 0.29) is 0 Å². The Labute approximate surface area is 119 Å². The molecule has 0 radical (unpaired) electrons.